The van der Waals surface area contributed by atoms with Gasteiger partial charge in [-0.2, -0.15) is 0 Å². The molecule has 1 fully saturated rings. The molecule has 1 heterocycles. The topological polar surface area (TPSA) is 16.1 Å². The molecule has 4 heteroatoms. The molecular weight excluding hydrogens is 300 g/mol. The van der Waals surface area contributed by atoms with Gasteiger partial charge < -0.3 is 4.90 Å². The second-order valence-electron chi connectivity index (χ2n) is 4.90. The molecule has 0 aromatic carbocycles. The third kappa shape index (κ3) is 2.94. The second kappa shape index (κ2) is 5.57. The van der Waals surface area contributed by atoms with Gasteiger partial charge in [-0.25, -0.2) is 4.98 Å². The van der Waals surface area contributed by atoms with Crippen molar-refractivity contribution in [3.8, 4) is 0 Å². The first kappa shape index (κ1) is 13.2. The molecule has 1 aliphatic carbocycles. The highest BCUT2D eigenvalue weighted by molar-refractivity contribution is 9.10. The Morgan fingerprint density at radius 2 is 2.12 bits per heavy atom. The summed E-state index contributed by atoms with van der Waals surface area (Å²) in [6, 6.07) is 2.50. The van der Waals surface area contributed by atoms with E-state index in [4.69, 9.17) is 11.6 Å². The minimum absolute atomic E-state index is 0.591. The second-order valence-corrected chi connectivity index (χ2v) is 6.19. The number of hydrogen-bond acceptors (Lipinski definition) is 2. The zero-order valence-electron chi connectivity index (χ0n) is 10.3. The van der Waals surface area contributed by atoms with Crippen LogP contribution in [0.3, 0.4) is 0 Å². The summed E-state index contributed by atoms with van der Waals surface area (Å²) >= 11 is 9.47. The van der Waals surface area contributed by atoms with Crippen LogP contribution >= 0.6 is 27.5 Å². The summed E-state index contributed by atoms with van der Waals surface area (Å²) in [6.07, 6.45) is 6.98. The lowest BCUT2D eigenvalue weighted by atomic mass is 9.85. The molecule has 2 unspecified atom stereocenters. The smallest absolute Gasteiger partial charge is 0.142 e. The molecule has 0 aliphatic heterocycles. The van der Waals surface area contributed by atoms with E-state index in [0.29, 0.717) is 11.1 Å². The summed E-state index contributed by atoms with van der Waals surface area (Å²) < 4.78 is 0.977. The summed E-state index contributed by atoms with van der Waals surface area (Å²) in [7, 11) is 2.13. The fraction of sp³-hybridized carbons (Fsp3) is 0.615. The number of anilines is 1. The van der Waals surface area contributed by atoms with Crippen molar-refractivity contribution in [3.05, 3.63) is 21.8 Å². The van der Waals surface area contributed by atoms with E-state index in [9.17, 15) is 0 Å². The van der Waals surface area contributed by atoms with Crippen molar-refractivity contribution in [3.63, 3.8) is 0 Å². The van der Waals surface area contributed by atoms with Crippen molar-refractivity contribution in [1.29, 1.82) is 0 Å². The normalized spacial score (nSPS) is 24.7. The van der Waals surface area contributed by atoms with Gasteiger partial charge in [-0.15, -0.1) is 0 Å². The molecule has 1 aromatic heterocycles. The van der Waals surface area contributed by atoms with Gasteiger partial charge in [-0.3, -0.25) is 0 Å². The Labute approximate surface area is 116 Å². The molecule has 0 saturated heterocycles. The first-order valence-electron chi connectivity index (χ1n) is 6.13. The van der Waals surface area contributed by atoms with Crippen LogP contribution in [-0.2, 0) is 0 Å². The maximum atomic E-state index is 5.93. The monoisotopic (exact) mass is 316 g/mol. The van der Waals surface area contributed by atoms with Gasteiger partial charge in [0, 0.05) is 19.3 Å². The van der Waals surface area contributed by atoms with E-state index in [-0.39, 0.29) is 0 Å². The lowest BCUT2D eigenvalue weighted by molar-refractivity contribution is 0.320. The molecule has 1 aliphatic rings. The third-order valence-electron chi connectivity index (χ3n) is 3.69. The highest BCUT2D eigenvalue weighted by atomic mass is 79.9. The van der Waals surface area contributed by atoms with E-state index in [1.165, 1.54) is 25.7 Å². The van der Waals surface area contributed by atoms with Crippen molar-refractivity contribution >= 4 is 33.3 Å². The summed E-state index contributed by atoms with van der Waals surface area (Å²) in [5.74, 6) is 1.73. The largest absolute Gasteiger partial charge is 0.355 e. The number of rotatable bonds is 2. The molecule has 2 rings (SSSR count). The molecular formula is C13H18BrClN2. The zero-order chi connectivity index (χ0) is 12.4. The Balaban J connectivity index is 2.20. The fourth-order valence-corrected chi connectivity index (χ4v) is 3.61. The molecule has 1 saturated carbocycles. The van der Waals surface area contributed by atoms with E-state index in [1.54, 1.807) is 6.20 Å². The van der Waals surface area contributed by atoms with Crippen LogP contribution in [0.4, 0.5) is 5.82 Å². The summed E-state index contributed by atoms with van der Waals surface area (Å²) in [5.41, 5.74) is 0. The number of pyridine rings is 1. The van der Waals surface area contributed by atoms with E-state index < -0.39 is 0 Å². The quantitative estimate of drug-likeness (QED) is 0.797. The molecule has 0 amide bonds. The first-order valence-corrected chi connectivity index (χ1v) is 7.30. The standard InChI is InChI=1S/C13H18BrClN2/c1-9-5-3-4-6-12(9)17(2)13-11(14)7-10(15)8-16-13/h7-9,12H,3-6H2,1-2H3. The zero-order valence-corrected chi connectivity index (χ0v) is 12.6. The molecule has 0 N–H and O–H groups in total. The lowest BCUT2D eigenvalue weighted by Gasteiger charge is -2.37. The van der Waals surface area contributed by atoms with E-state index in [0.717, 1.165) is 16.2 Å². The summed E-state index contributed by atoms with van der Waals surface area (Å²) in [6.45, 7) is 2.34. The van der Waals surface area contributed by atoms with Crippen LogP contribution in [0, 0.1) is 5.92 Å². The van der Waals surface area contributed by atoms with Gasteiger partial charge in [-0.1, -0.05) is 31.4 Å². The van der Waals surface area contributed by atoms with Crippen LogP contribution in [0.5, 0.6) is 0 Å². The predicted molar refractivity (Wildman–Crippen MR) is 76.8 cm³/mol. The summed E-state index contributed by atoms with van der Waals surface area (Å²) in [4.78, 5) is 6.73. The van der Waals surface area contributed by atoms with Crippen molar-refractivity contribution in [2.45, 2.75) is 38.6 Å². The SMILES string of the molecule is CC1CCCCC1N(C)c1ncc(Cl)cc1Br. The molecule has 0 spiro atoms. The van der Waals surface area contributed by atoms with Crippen LogP contribution in [0.25, 0.3) is 0 Å². The van der Waals surface area contributed by atoms with Crippen molar-refractivity contribution in [2.75, 3.05) is 11.9 Å². The van der Waals surface area contributed by atoms with Crippen molar-refractivity contribution in [1.82, 2.24) is 4.98 Å². The van der Waals surface area contributed by atoms with Crippen molar-refractivity contribution in [2.24, 2.45) is 5.92 Å². The lowest BCUT2D eigenvalue weighted by Crippen LogP contribution is -2.39. The van der Waals surface area contributed by atoms with Gasteiger partial charge in [0.2, 0.25) is 0 Å². The Hall–Kier alpha value is -0.280. The Morgan fingerprint density at radius 3 is 2.76 bits per heavy atom. The third-order valence-corrected chi connectivity index (χ3v) is 4.48. The van der Waals surface area contributed by atoms with Crippen LogP contribution < -0.4 is 4.90 Å². The number of halogens is 2. The summed E-state index contributed by atoms with van der Waals surface area (Å²) in [5, 5.41) is 0.672. The Kier molecular flexibility index (Phi) is 4.31. The minimum atomic E-state index is 0.591. The maximum absolute atomic E-state index is 5.93. The molecule has 2 nitrogen and oxygen atoms in total. The van der Waals surface area contributed by atoms with Gasteiger partial charge in [0.15, 0.2) is 0 Å². The van der Waals surface area contributed by atoms with Gasteiger partial charge in [0.05, 0.1) is 9.50 Å². The van der Waals surface area contributed by atoms with Gasteiger partial charge in [0.25, 0.3) is 0 Å². The fourth-order valence-electron chi connectivity index (χ4n) is 2.70. The van der Waals surface area contributed by atoms with Crippen molar-refractivity contribution < 1.29 is 0 Å². The van der Waals surface area contributed by atoms with Crippen LogP contribution in [-0.4, -0.2) is 18.1 Å². The van der Waals surface area contributed by atoms with E-state index >= 15 is 0 Å². The number of nitrogens with zero attached hydrogens (tertiary/aromatic N) is 2. The van der Waals surface area contributed by atoms with E-state index in [2.05, 4.69) is 39.8 Å². The molecule has 0 bridgehead atoms. The maximum Gasteiger partial charge on any atom is 0.142 e. The number of aromatic nitrogens is 1. The van der Waals surface area contributed by atoms with Crippen LogP contribution in [0.2, 0.25) is 5.02 Å². The average molecular weight is 318 g/mol. The molecule has 1 aromatic rings. The van der Waals surface area contributed by atoms with Gasteiger partial charge in [0.1, 0.15) is 5.82 Å². The van der Waals surface area contributed by atoms with E-state index in [1.807, 2.05) is 6.07 Å². The average Bonchev–Trinajstić information content (AvgIpc) is 2.29. The first-order chi connectivity index (χ1) is 8.09. The van der Waals surface area contributed by atoms with Gasteiger partial charge in [-0.05, 0) is 40.8 Å². The van der Waals surface area contributed by atoms with Crippen LogP contribution in [0.1, 0.15) is 32.6 Å². The Bertz CT molecular complexity index is 397. The van der Waals surface area contributed by atoms with Crippen LogP contribution in [0.15, 0.2) is 16.7 Å². The Morgan fingerprint density at radius 1 is 1.41 bits per heavy atom. The predicted octanol–water partition coefficient (Wildman–Crippen LogP) is 4.51. The van der Waals surface area contributed by atoms with Gasteiger partial charge >= 0.3 is 0 Å². The molecule has 0 radical (unpaired) electrons. The number of hydrogen-bond donors (Lipinski definition) is 0. The minimum Gasteiger partial charge on any atom is -0.355 e. The molecule has 17 heavy (non-hydrogen) atoms. The highest BCUT2D eigenvalue weighted by Gasteiger charge is 2.26. The highest BCUT2D eigenvalue weighted by Crippen LogP contribution is 2.33. The molecule has 2 atom stereocenters. The molecule has 94 valence electrons.